The van der Waals surface area contributed by atoms with Crippen LogP contribution in [0.3, 0.4) is 0 Å². The SMILES string of the molecule is CCOC(=O)/C(C#N)=C/Nc1ccc(Br)cn1. The summed E-state index contributed by atoms with van der Waals surface area (Å²) in [6.45, 7) is 1.91. The Morgan fingerprint density at radius 3 is 3.00 bits per heavy atom. The molecule has 5 nitrogen and oxygen atoms in total. The monoisotopic (exact) mass is 295 g/mol. The molecule has 0 aliphatic carbocycles. The first-order chi connectivity index (χ1) is 8.17. The molecule has 0 unspecified atom stereocenters. The Morgan fingerprint density at radius 1 is 1.71 bits per heavy atom. The van der Waals surface area contributed by atoms with Gasteiger partial charge in [0.1, 0.15) is 11.9 Å². The summed E-state index contributed by atoms with van der Waals surface area (Å²) in [4.78, 5) is 15.3. The Bertz CT molecular complexity index is 463. The number of aromatic nitrogens is 1. The quantitative estimate of drug-likeness (QED) is 0.524. The van der Waals surface area contributed by atoms with Gasteiger partial charge in [0.2, 0.25) is 0 Å². The first-order valence-corrected chi connectivity index (χ1v) is 5.62. The molecule has 1 N–H and O–H groups in total. The smallest absolute Gasteiger partial charge is 0.350 e. The Morgan fingerprint density at radius 2 is 2.47 bits per heavy atom. The van der Waals surface area contributed by atoms with E-state index in [0.717, 1.165) is 4.47 Å². The lowest BCUT2D eigenvalue weighted by atomic mass is 10.3. The highest BCUT2D eigenvalue weighted by molar-refractivity contribution is 9.10. The van der Waals surface area contributed by atoms with E-state index in [0.29, 0.717) is 5.82 Å². The zero-order valence-electron chi connectivity index (χ0n) is 9.11. The maximum absolute atomic E-state index is 11.3. The Labute approximate surface area is 107 Å². The van der Waals surface area contributed by atoms with E-state index in [1.807, 2.05) is 0 Å². The van der Waals surface area contributed by atoms with Crippen molar-refractivity contribution in [2.24, 2.45) is 0 Å². The van der Waals surface area contributed by atoms with Crippen LogP contribution in [0.25, 0.3) is 0 Å². The molecule has 0 amide bonds. The number of carbonyl (C=O) groups excluding carboxylic acids is 1. The summed E-state index contributed by atoms with van der Waals surface area (Å²) in [7, 11) is 0. The molecule has 88 valence electrons. The molecule has 0 spiro atoms. The van der Waals surface area contributed by atoms with E-state index in [-0.39, 0.29) is 12.2 Å². The second-order valence-corrected chi connectivity index (χ2v) is 3.81. The highest BCUT2D eigenvalue weighted by Crippen LogP contribution is 2.10. The van der Waals surface area contributed by atoms with Gasteiger partial charge in [-0.1, -0.05) is 0 Å². The fourth-order valence-corrected chi connectivity index (χ4v) is 1.19. The number of rotatable bonds is 4. The van der Waals surface area contributed by atoms with Gasteiger partial charge in [-0.25, -0.2) is 9.78 Å². The fourth-order valence-electron chi connectivity index (χ4n) is 0.953. The summed E-state index contributed by atoms with van der Waals surface area (Å²) in [6.07, 6.45) is 2.88. The molecule has 6 heteroatoms. The Balaban J connectivity index is 2.71. The first-order valence-electron chi connectivity index (χ1n) is 4.83. The number of esters is 1. The van der Waals surface area contributed by atoms with Crippen LogP contribution in [0.1, 0.15) is 6.92 Å². The number of nitriles is 1. The number of halogens is 1. The summed E-state index contributed by atoms with van der Waals surface area (Å²) in [5.41, 5.74) is -0.100. The largest absolute Gasteiger partial charge is 0.462 e. The zero-order chi connectivity index (χ0) is 12.7. The molecular formula is C11H10BrN3O2. The standard InChI is InChI=1S/C11H10BrN3O2/c1-2-17-11(16)8(5-13)6-14-10-4-3-9(12)7-15-10/h3-4,6-7H,2H2,1H3,(H,14,15)/b8-6+. The average molecular weight is 296 g/mol. The van der Waals surface area contributed by atoms with Crippen molar-refractivity contribution in [3.63, 3.8) is 0 Å². The summed E-state index contributed by atoms with van der Waals surface area (Å²) in [5.74, 6) is -0.120. The minimum Gasteiger partial charge on any atom is -0.462 e. The number of pyridine rings is 1. The number of carbonyl (C=O) groups is 1. The Kier molecular flexibility index (Phi) is 5.17. The molecule has 1 heterocycles. The molecule has 1 aromatic rings. The molecule has 1 aromatic heterocycles. The number of nitrogens with one attached hydrogen (secondary N) is 1. The Hall–Kier alpha value is -1.87. The van der Waals surface area contributed by atoms with Crippen LogP contribution in [0, 0.1) is 11.3 Å². The lowest BCUT2D eigenvalue weighted by molar-refractivity contribution is -0.138. The van der Waals surface area contributed by atoms with Crippen molar-refractivity contribution in [2.75, 3.05) is 11.9 Å². The van der Waals surface area contributed by atoms with Gasteiger partial charge < -0.3 is 10.1 Å². The normalized spacial score (nSPS) is 10.5. The maximum atomic E-state index is 11.3. The van der Waals surface area contributed by atoms with Gasteiger partial charge >= 0.3 is 5.97 Å². The third-order valence-electron chi connectivity index (χ3n) is 1.71. The summed E-state index contributed by atoms with van der Waals surface area (Å²) in [5, 5.41) is 11.5. The van der Waals surface area contributed by atoms with E-state index in [9.17, 15) is 4.79 Å². The number of hydrogen-bond donors (Lipinski definition) is 1. The van der Waals surface area contributed by atoms with Gasteiger partial charge in [0.05, 0.1) is 6.61 Å². The fraction of sp³-hybridized carbons (Fsp3) is 0.182. The number of nitrogens with zero attached hydrogens (tertiary/aromatic N) is 2. The van der Waals surface area contributed by atoms with Crippen LogP contribution in [0.4, 0.5) is 5.82 Å². The highest BCUT2D eigenvalue weighted by atomic mass is 79.9. The van der Waals surface area contributed by atoms with Gasteiger partial charge in [-0.2, -0.15) is 5.26 Å². The van der Waals surface area contributed by atoms with Crippen molar-refractivity contribution in [1.82, 2.24) is 4.98 Å². The van der Waals surface area contributed by atoms with Crippen LogP contribution in [-0.2, 0) is 9.53 Å². The molecular weight excluding hydrogens is 286 g/mol. The molecule has 0 atom stereocenters. The van der Waals surface area contributed by atoms with Crippen molar-refractivity contribution in [3.8, 4) is 6.07 Å². The topological polar surface area (TPSA) is 75.0 Å². The van der Waals surface area contributed by atoms with Gasteiger partial charge in [-0.05, 0) is 35.0 Å². The van der Waals surface area contributed by atoms with E-state index in [1.165, 1.54) is 6.20 Å². The van der Waals surface area contributed by atoms with Crippen molar-refractivity contribution >= 4 is 27.7 Å². The van der Waals surface area contributed by atoms with Crippen molar-refractivity contribution in [2.45, 2.75) is 6.92 Å². The van der Waals surface area contributed by atoms with Crippen molar-refractivity contribution < 1.29 is 9.53 Å². The average Bonchev–Trinajstić information content (AvgIpc) is 2.32. The van der Waals surface area contributed by atoms with Crippen LogP contribution in [0.5, 0.6) is 0 Å². The molecule has 1 rings (SSSR count). The maximum Gasteiger partial charge on any atom is 0.350 e. The number of ether oxygens (including phenoxy) is 1. The predicted octanol–water partition coefficient (Wildman–Crippen LogP) is 2.23. The predicted molar refractivity (Wildman–Crippen MR) is 65.9 cm³/mol. The lowest BCUT2D eigenvalue weighted by Gasteiger charge is -2.01. The number of anilines is 1. The van der Waals surface area contributed by atoms with E-state index in [2.05, 4.69) is 26.2 Å². The molecule has 17 heavy (non-hydrogen) atoms. The van der Waals surface area contributed by atoms with Crippen LogP contribution in [-0.4, -0.2) is 17.6 Å². The van der Waals surface area contributed by atoms with Crippen LogP contribution >= 0.6 is 15.9 Å². The minimum absolute atomic E-state index is 0.100. The highest BCUT2D eigenvalue weighted by Gasteiger charge is 2.08. The van der Waals surface area contributed by atoms with E-state index in [1.54, 1.807) is 31.3 Å². The van der Waals surface area contributed by atoms with E-state index < -0.39 is 5.97 Å². The summed E-state index contributed by atoms with van der Waals surface area (Å²) >= 11 is 3.25. The molecule has 0 saturated heterocycles. The molecule has 0 saturated carbocycles. The van der Waals surface area contributed by atoms with Crippen molar-refractivity contribution in [1.29, 1.82) is 5.26 Å². The lowest BCUT2D eigenvalue weighted by Crippen LogP contribution is -2.08. The van der Waals surface area contributed by atoms with Gasteiger partial charge in [0, 0.05) is 16.9 Å². The summed E-state index contributed by atoms with van der Waals surface area (Å²) in [6, 6.07) is 5.26. The first kappa shape index (κ1) is 13.2. The second kappa shape index (κ2) is 6.66. The molecule has 0 fully saturated rings. The third-order valence-corrected chi connectivity index (χ3v) is 2.18. The second-order valence-electron chi connectivity index (χ2n) is 2.90. The molecule has 0 bridgehead atoms. The van der Waals surface area contributed by atoms with Gasteiger partial charge in [0.25, 0.3) is 0 Å². The third kappa shape index (κ3) is 4.25. The van der Waals surface area contributed by atoms with Gasteiger partial charge in [-0.15, -0.1) is 0 Å². The van der Waals surface area contributed by atoms with Crippen LogP contribution < -0.4 is 5.32 Å². The van der Waals surface area contributed by atoms with Crippen LogP contribution in [0.2, 0.25) is 0 Å². The summed E-state index contributed by atoms with van der Waals surface area (Å²) < 4.78 is 5.55. The number of hydrogen-bond acceptors (Lipinski definition) is 5. The zero-order valence-corrected chi connectivity index (χ0v) is 10.7. The molecule has 0 aromatic carbocycles. The van der Waals surface area contributed by atoms with E-state index in [4.69, 9.17) is 10.00 Å². The molecule has 0 aliphatic rings. The van der Waals surface area contributed by atoms with Crippen molar-refractivity contribution in [3.05, 3.63) is 34.6 Å². The van der Waals surface area contributed by atoms with Crippen LogP contribution in [0.15, 0.2) is 34.6 Å². The van der Waals surface area contributed by atoms with E-state index >= 15 is 0 Å². The minimum atomic E-state index is -0.653. The molecule has 0 radical (unpaired) electrons. The van der Waals surface area contributed by atoms with Gasteiger partial charge in [0.15, 0.2) is 5.57 Å². The van der Waals surface area contributed by atoms with Gasteiger partial charge in [-0.3, -0.25) is 0 Å². The molecule has 0 aliphatic heterocycles.